The van der Waals surface area contributed by atoms with Crippen LogP contribution in [0, 0.1) is 0 Å². The summed E-state index contributed by atoms with van der Waals surface area (Å²) in [6, 6.07) is 1.50. The lowest BCUT2D eigenvalue weighted by atomic mass is 10.1. The van der Waals surface area contributed by atoms with Crippen LogP contribution in [0.4, 0.5) is 4.79 Å². The lowest BCUT2D eigenvalue weighted by molar-refractivity contribution is -0.139. The number of carboxylic acid groups (broad SMARTS) is 1. The number of nitrogens with one attached hydrogen (secondary N) is 1. The first-order chi connectivity index (χ1) is 10.0. The van der Waals surface area contributed by atoms with Gasteiger partial charge in [-0.15, -0.1) is 0 Å². The quantitative estimate of drug-likeness (QED) is 0.775. The van der Waals surface area contributed by atoms with E-state index in [0.29, 0.717) is 5.56 Å². The van der Waals surface area contributed by atoms with Gasteiger partial charge in [0.1, 0.15) is 22.4 Å². The van der Waals surface area contributed by atoms with Gasteiger partial charge in [-0.25, -0.2) is 9.59 Å². The van der Waals surface area contributed by atoms with E-state index in [4.69, 9.17) is 27.9 Å². The number of carbonyl (C=O) groups excluding carboxylic acids is 1. The first-order valence-corrected chi connectivity index (χ1v) is 7.15. The number of alkyl carbamates (subject to hydrolysis) is 1. The summed E-state index contributed by atoms with van der Waals surface area (Å²) >= 11 is 11.8. The van der Waals surface area contributed by atoms with Gasteiger partial charge in [-0.2, -0.15) is 0 Å². The molecule has 0 aromatic heterocycles. The van der Waals surface area contributed by atoms with Crippen molar-refractivity contribution in [1.29, 1.82) is 0 Å². The lowest BCUT2D eigenvalue weighted by Gasteiger charge is -2.22. The van der Waals surface area contributed by atoms with Gasteiger partial charge in [0.15, 0.2) is 0 Å². The Balaban J connectivity index is 2.88. The van der Waals surface area contributed by atoms with E-state index in [2.05, 4.69) is 5.32 Å². The third kappa shape index (κ3) is 5.27. The molecule has 8 heteroatoms. The Bertz CT molecular complexity index is 583. The van der Waals surface area contributed by atoms with Crippen LogP contribution >= 0.6 is 23.2 Å². The standard InChI is InChI=1S/C14H17Cl2NO5/c1-14(2,3)22-13(21)17-8(12(19)20)6-7-4-5-9(18)11(16)10(7)15/h4-5,8,18H,6H2,1-3H3,(H,17,21)(H,19,20)/t8-/m0/s1. The number of hydrogen-bond acceptors (Lipinski definition) is 4. The summed E-state index contributed by atoms with van der Waals surface area (Å²) in [4.78, 5) is 22.9. The molecule has 0 radical (unpaired) electrons. The molecule has 1 aromatic carbocycles. The van der Waals surface area contributed by atoms with Crippen LogP contribution < -0.4 is 5.32 Å². The Morgan fingerprint density at radius 1 is 1.27 bits per heavy atom. The number of amides is 1. The normalized spacial score (nSPS) is 12.6. The summed E-state index contributed by atoms with van der Waals surface area (Å²) in [5, 5.41) is 20.8. The Hall–Kier alpha value is -1.66. The van der Waals surface area contributed by atoms with Gasteiger partial charge in [0.25, 0.3) is 0 Å². The van der Waals surface area contributed by atoms with Crippen LogP contribution in [-0.4, -0.2) is 33.9 Å². The Labute approximate surface area is 138 Å². The second kappa shape index (κ2) is 7.07. The van der Waals surface area contributed by atoms with Crippen LogP contribution in [0.2, 0.25) is 10.0 Å². The van der Waals surface area contributed by atoms with E-state index in [9.17, 15) is 19.8 Å². The number of benzene rings is 1. The van der Waals surface area contributed by atoms with E-state index < -0.39 is 23.7 Å². The van der Waals surface area contributed by atoms with Crippen molar-refractivity contribution < 1.29 is 24.5 Å². The number of halogens is 2. The van der Waals surface area contributed by atoms with Crippen molar-refractivity contribution in [2.24, 2.45) is 0 Å². The smallest absolute Gasteiger partial charge is 0.408 e. The molecule has 0 aliphatic carbocycles. The van der Waals surface area contributed by atoms with Gasteiger partial charge in [0, 0.05) is 6.42 Å². The third-order valence-electron chi connectivity index (χ3n) is 2.56. The van der Waals surface area contributed by atoms with Crippen molar-refractivity contribution in [2.75, 3.05) is 0 Å². The second-order valence-corrected chi connectivity index (χ2v) is 6.37. The summed E-state index contributed by atoms with van der Waals surface area (Å²) in [6.45, 7) is 5.00. The van der Waals surface area contributed by atoms with Crippen molar-refractivity contribution in [3.05, 3.63) is 27.7 Å². The van der Waals surface area contributed by atoms with E-state index in [1.165, 1.54) is 12.1 Å². The molecule has 1 amide bonds. The average molecular weight is 350 g/mol. The molecule has 0 saturated heterocycles. The number of aliphatic carboxylic acids is 1. The predicted molar refractivity (Wildman–Crippen MR) is 82.6 cm³/mol. The molecule has 3 N–H and O–H groups in total. The van der Waals surface area contributed by atoms with Crippen molar-refractivity contribution in [1.82, 2.24) is 5.32 Å². The van der Waals surface area contributed by atoms with Crippen LogP contribution in [0.3, 0.4) is 0 Å². The highest BCUT2D eigenvalue weighted by Crippen LogP contribution is 2.34. The van der Waals surface area contributed by atoms with Gasteiger partial charge < -0.3 is 20.3 Å². The van der Waals surface area contributed by atoms with E-state index in [1.54, 1.807) is 20.8 Å². The third-order valence-corrected chi connectivity index (χ3v) is 3.47. The Kier molecular flexibility index (Phi) is 5.91. The molecule has 22 heavy (non-hydrogen) atoms. The number of carbonyl (C=O) groups is 2. The zero-order valence-electron chi connectivity index (χ0n) is 12.3. The fourth-order valence-corrected chi connectivity index (χ4v) is 2.03. The Morgan fingerprint density at radius 2 is 1.86 bits per heavy atom. The number of phenolic OH excluding ortho intramolecular Hbond substituents is 1. The molecule has 122 valence electrons. The van der Waals surface area contributed by atoms with Crippen LogP contribution in [0.1, 0.15) is 26.3 Å². The summed E-state index contributed by atoms with van der Waals surface area (Å²) in [5.74, 6) is -1.45. The largest absolute Gasteiger partial charge is 0.506 e. The van der Waals surface area contributed by atoms with Crippen LogP contribution in [0.25, 0.3) is 0 Å². The highest BCUT2D eigenvalue weighted by molar-refractivity contribution is 6.43. The van der Waals surface area contributed by atoms with Gasteiger partial charge in [0.2, 0.25) is 0 Å². The summed E-state index contributed by atoms with van der Waals surface area (Å²) in [7, 11) is 0. The molecule has 0 fully saturated rings. The lowest BCUT2D eigenvalue weighted by Crippen LogP contribution is -2.44. The van der Waals surface area contributed by atoms with Gasteiger partial charge >= 0.3 is 12.1 Å². The number of ether oxygens (including phenoxy) is 1. The molecule has 6 nitrogen and oxygen atoms in total. The fourth-order valence-electron chi connectivity index (χ4n) is 1.61. The minimum absolute atomic E-state index is 0.0407. The fraction of sp³-hybridized carbons (Fsp3) is 0.429. The summed E-state index contributed by atoms with van der Waals surface area (Å²) in [6.07, 6.45) is -0.950. The topological polar surface area (TPSA) is 95.9 Å². The molecule has 0 bridgehead atoms. The molecule has 0 aliphatic heterocycles. The molecule has 0 aliphatic rings. The number of hydrogen-bond donors (Lipinski definition) is 3. The number of aromatic hydroxyl groups is 1. The van der Waals surface area contributed by atoms with Gasteiger partial charge in [0.05, 0.1) is 5.02 Å². The number of phenols is 1. The van der Waals surface area contributed by atoms with Crippen LogP contribution in [0.5, 0.6) is 5.75 Å². The number of rotatable bonds is 4. The summed E-state index contributed by atoms with van der Waals surface area (Å²) < 4.78 is 5.02. The maximum Gasteiger partial charge on any atom is 0.408 e. The predicted octanol–water partition coefficient (Wildman–Crippen LogP) is 3.22. The summed E-state index contributed by atoms with van der Waals surface area (Å²) in [5.41, 5.74) is -0.361. The molecule has 0 spiro atoms. The SMILES string of the molecule is CC(C)(C)OC(=O)N[C@@H](Cc1ccc(O)c(Cl)c1Cl)C(=O)O. The zero-order chi connectivity index (χ0) is 17.1. The van der Waals surface area contributed by atoms with Crippen molar-refractivity contribution in [3.63, 3.8) is 0 Å². The van der Waals surface area contributed by atoms with E-state index in [1.807, 2.05) is 0 Å². The second-order valence-electron chi connectivity index (χ2n) is 5.61. The molecule has 1 atom stereocenters. The molecular formula is C14H17Cl2NO5. The van der Waals surface area contributed by atoms with E-state index in [-0.39, 0.29) is 22.2 Å². The molecule has 0 heterocycles. The number of carboxylic acids is 1. The van der Waals surface area contributed by atoms with Crippen LogP contribution in [-0.2, 0) is 16.0 Å². The molecule has 1 rings (SSSR count). The molecule has 0 saturated carbocycles. The first kappa shape index (κ1) is 18.4. The maximum absolute atomic E-state index is 11.7. The van der Waals surface area contributed by atoms with Crippen molar-refractivity contribution in [3.8, 4) is 5.75 Å². The van der Waals surface area contributed by atoms with Crippen LogP contribution in [0.15, 0.2) is 12.1 Å². The van der Waals surface area contributed by atoms with Gasteiger partial charge in [-0.3, -0.25) is 0 Å². The maximum atomic E-state index is 11.7. The average Bonchev–Trinajstić information content (AvgIpc) is 2.36. The van der Waals surface area contributed by atoms with E-state index >= 15 is 0 Å². The van der Waals surface area contributed by atoms with Gasteiger partial charge in [-0.05, 0) is 32.4 Å². The first-order valence-electron chi connectivity index (χ1n) is 6.39. The molecule has 0 unspecified atom stereocenters. The molecule has 1 aromatic rings. The highest BCUT2D eigenvalue weighted by Gasteiger charge is 2.25. The van der Waals surface area contributed by atoms with Gasteiger partial charge in [-0.1, -0.05) is 29.3 Å². The monoisotopic (exact) mass is 349 g/mol. The van der Waals surface area contributed by atoms with Crippen molar-refractivity contribution in [2.45, 2.75) is 38.8 Å². The van der Waals surface area contributed by atoms with Crippen molar-refractivity contribution >= 4 is 35.3 Å². The van der Waals surface area contributed by atoms with E-state index in [0.717, 1.165) is 0 Å². The Morgan fingerprint density at radius 3 is 2.36 bits per heavy atom. The molecular weight excluding hydrogens is 333 g/mol. The highest BCUT2D eigenvalue weighted by atomic mass is 35.5. The minimum atomic E-state index is -1.24. The minimum Gasteiger partial charge on any atom is -0.506 e. The zero-order valence-corrected chi connectivity index (χ0v) is 13.8.